The molecule has 0 radical (unpaired) electrons. The van der Waals surface area contributed by atoms with Crippen molar-refractivity contribution in [1.82, 2.24) is 4.90 Å². The molecule has 1 aliphatic heterocycles. The van der Waals surface area contributed by atoms with E-state index in [0.29, 0.717) is 5.56 Å². The fourth-order valence-electron chi connectivity index (χ4n) is 2.76. The van der Waals surface area contributed by atoms with E-state index >= 15 is 0 Å². The molecule has 0 unspecified atom stereocenters. The molecule has 1 aromatic rings. The number of sulfone groups is 1. The summed E-state index contributed by atoms with van der Waals surface area (Å²) >= 11 is 3.25. The highest BCUT2D eigenvalue weighted by Gasteiger charge is 2.36. The van der Waals surface area contributed by atoms with E-state index in [-0.39, 0.29) is 24.3 Å². The molecule has 128 valence electrons. The van der Waals surface area contributed by atoms with Gasteiger partial charge in [0.15, 0.2) is 0 Å². The van der Waals surface area contributed by atoms with E-state index in [1.54, 1.807) is 24.3 Å². The Balaban J connectivity index is 2.16. The molecule has 1 fully saturated rings. The van der Waals surface area contributed by atoms with Crippen molar-refractivity contribution in [3.8, 4) is 0 Å². The second-order valence-electron chi connectivity index (χ2n) is 5.71. The van der Waals surface area contributed by atoms with Gasteiger partial charge in [-0.1, -0.05) is 28.1 Å². The predicted molar refractivity (Wildman–Crippen MR) is 87.0 cm³/mol. The predicted octanol–water partition coefficient (Wildman–Crippen LogP) is 3.04. The zero-order valence-corrected chi connectivity index (χ0v) is 15.0. The molecule has 0 aromatic heterocycles. The van der Waals surface area contributed by atoms with Crippen LogP contribution in [0.2, 0.25) is 0 Å². The standard InChI is InChI=1S/C15H18BrF2NO3S/c1-19(15(20)11-6-8-23(21,22)9-7-11)13(14(17)18)10-2-4-12(16)5-3-10/h2-5,11,13-14H,6-9H2,1H3/t13-/m0/s1. The van der Waals surface area contributed by atoms with E-state index in [4.69, 9.17) is 0 Å². The van der Waals surface area contributed by atoms with Crippen molar-refractivity contribution in [2.45, 2.75) is 25.3 Å². The fourth-order valence-corrected chi connectivity index (χ4v) is 4.52. The number of amides is 1. The van der Waals surface area contributed by atoms with E-state index < -0.39 is 34.1 Å². The Labute approximate surface area is 142 Å². The summed E-state index contributed by atoms with van der Waals surface area (Å²) in [6.45, 7) is 0. The van der Waals surface area contributed by atoms with E-state index in [2.05, 4.69) is 15.9 Å². The Kier molecular flexibility index (Phi) is 5.78. The summed E-state index contributed by atoms with van der Waals surface area (Å²) in [7, 11) is -1.74. The molecule has 1 aliphatic rings. The first kappa shape index (κ1) is 18.3. The number of benzene rings is 1. The highest BCUT2D eigenvalue weighted by molar-refractivity contribution is 9.10. The quantitative estimate of drug-likeness (QED) is 0.767. The summed E-state index contributed by atoms with van der Waals surface area (Å²) in [5.41, 5.74) is 0.350. The highest BCUT2D eigenvalue weighted by atomic mass is 79.9. The molecule has 0 aliphatic carbocycles. The van der Waals surface area contributed by atoms with Crippen LogP contribution in [0, 0.1) is 5.92 Å². The summed E-state index contributed by atoms with van der Waals surface area (Å²) in [6, 6.07) is 5.06. The van der Waals surface area contributed by atoms with Crippen LogP contribution in [-0.2, 0) is 14.6 Å². The van der Waals surface area contributed by atoms with Crippen molar-refractivity contribution >= 4 is 31.7 Å². The topological polar surface area (TPSA) is 54.5 Å². The van der Waals surface area contributed by atoms with Crippen LogP contribution in [0.3, 0.4) is 0 Å². The number of halogens is 3. The highest BCUT2D eigenvalue weighted by Crippen LogP contribution is 2.30. The first-order valence-corrected chi connectivity index (χ1v) is 9.83. The van der Waals surface area contributed by atoms with Crippen LogP contribution in [0.15, 0.2) is 28.7 Å². The van der Waals surface area contributed by atoms with E-state index in [1.165, 1.54) is 7.05 Å². The Bertz CT molecular complexity index is 650. The van der Waals surface area contributed by atoms with Gasteiger partial charge in [0.25, 0.3) is 6.43 Å². The average molecular weight is 410 g/mol. The van der Waals surface area contributed by atoms with Gasteiger partial charge in [0.2, 0.25) is 5.91 Å². The monoisotopic (exact) mass is 409 g/mol. The van der Waals surface area contributed by atoms with Crippen molar-refractivity contribution in [2.75, 3.05) is 18.6 Å². The van der Waals surface area contributed by atoms with Gasteiger partial charge in [-0.2, -0.15) is 0 Å². The van der Waals surface area contributed by atoms with Crippen molar-refractivity contribution in [3.63, 3.8) is 0 Å². The third kappa shape index (κ3) is 4.50. The molecule has 4 nitrogen and oxygen atoms in total. The normalized spacial score (nSPS) is 19.5. The first-order chi connectivity index (χ1) is 10.7. The summed E-state index contributed by atoms with van der Waals surface area (Å²) in [6.07, 6.45) is -2.33. The van der Waals surface area contributed by atoms with Gasteiger partial charge in [-0.3, -0.25) is 4.79 Å². The molecule has 0 N–H and O–H groups in total. The number of carbonyl (C=O) groups excluding carboxylic acids is 1. The minimum absolute atomic E-state index is 0.0606. The smallest absolute Gasteiger partial charge is 0.262 e. The molecule has 1 amide bonds. The van der Waals surface area contributed by atoms with Crippen LogP contribution in [0.4, 0.5) is 8.78 Å². The number of hydrogen-bond donors (Lipinski definition) is 0. The van der Waals surface area contributed by atoms with Gasteiger partial charge in [0.1, 0.15) is 15.9 Å². The number of alkyl halides is 2. The molecule has 1 aromatic carbocycles. The summed E-state index contributed by atoms with van der Waals surface area (Å²) < 4.78 is 50.6. The number of carbonyl (C=O) groups is 1. The lowest BCUT2D eigenvalue weighted by Crippen LogP contribution is -2.41. The van der Waals surface area contributed by atoms with Crippen molar-refractivity contribution in [3.05, 3.63) is 34.3 Å². The van der Waals surface area contributed by atoms with Crippen molar-refractivity contribution < 1.29 is 22.0 Å². The third-order valence-corrected chi connectivity index (χ3v) is 6.36. The average Bonchev–Trinajstić information content (AvgIpc) is 2.48. The Morgan fingerprint density at radius 2 is 1.74 bits per heavy atom. The molecule has 0 saturated carbocycles. The lowest BCUT2D eigenvalue weighted by atomic mass is 9.98. The van der Waals surface area contributed by atoms with E-state index in [0.717, 1.165) is 9.37 Å². The number of rotatable bonds is 4. The van der Waals surface area contributed by atoms with Crippen LogP contribution >= 0.6 is 15.9 Å². The zero-order chi connectivity index (χ0) is 17.2. The zero-order valence-electron chi connectivity index (χ0n) is 12.6. The van der Waals surface area contributed by atoms with Gasteiger partial charge in [-0.15, -0.1) is 0 Å². The van der Waals surface area contributed by atoms with Crippen LogP contribution in [0.5, 0.6) is 0 Å². The molecule has 8 heteroatoms. The summed E-state index contributed by atoms with van der Waals surface area (Å²) in [5, 5.41) is 0. The van der Waals surface area contributed by atoms with Crippen LogP contribution in [0.25, 0.3) is 0 Å². The van der Waals surface area contributed by atoms with Crippen molar-refractivity contribution in [1.29, 1.82) is 0 Å². The molecular formula is C15H18BrF2NO3S. The number of nitrogens with zero attached hydrogens (tertiary/aromatic N) is 1. The van der Waals surface area contributed by atoms with Crippen LogP contribution in [0.1, 0.15) is 24.4 Å². The van der Waals surface area contributed by atoms with Gasteiger partial charge in [0.05, 0.1) is 11.5 Å². The maximum absolute atomic E-state index is 13.5. The van der Waals surface area contributed by atoms with Crippen LogP contribution in [-0.4, -0.2) is 44.2 Å². The molecule has 2 rings (SSSR count). The van der Waals surface area contributed by atoms with Crippen LogP contribution < -0.4 is 0 Å². The maximum atomic E-state index is 13.5. The number of hydrogen-bond acceptors (Lipinski definition) is 3. The summed E-state index contributed by atoms with van der Waals surface area (Å²) in [4.78, 5) is 13.5. The van der Waals surface area contributed by atoms with Gasteiger partial charge in [-0.25, -0.2) is 17.2 Å². The summed E-state index contributed by atoms with van der Waals surface area (Å²) in [5.74, 6) is -1.06. The Morgan fingerprint density at radius 3 is 2.22 bits per heavy atom. The lowest BCUT2D eigenvalue weighted by Gasteiger charge is -2.32. The second kappa shape index (κ2) is 7.25. The fraction of sp³-hybridized carbons (Fsp3) is 0.533. The van der Waals surface area contributed by atoms with Gasteiger partial charge >= 0.3 is 0 Å². The molecule has 1 atom stereocenters. The Hall–Kier alpha value is -1.02. The largest absolute Gasteiger partial charge is 0.333 e. The molecule has 0 spiro atoms. The van der Waals surface area contributed by atoms with Crippen molar-refractivity contribution in [2.24, 2.45) is 5.92 Å². The molecule has 0 bridgehead atoms. The first-order valence-electron chi connectivity index (χ1n) is 7.22. The third-order valence-electron chi connectivity index (χ3n) is 4.12. The minimum Gasteiger partial charge on any atom is -0.333 e. The minimum atomic E-state index is -3.09. The van der Waals surface area contributed by atoms with E-state index in [1.807, 2.05) is 0 Å². The Morgan fingerprint density at radius 1 is 1.22 bits per heavy atom. The molecule has 1 heterocycles. The SMILES string of the molecule is CN(C(=O)C1CCS(=O)(=O)CC1)[C@@H](c1ccc(Br)cc1)C(F)F. The van der Waals surface area contributed by atoms with Gasteiger partial charge in [0, 0.05) is 17.4 Å². The van der Waals surface area contributed by atoms with Gasteiger partial charge in [-0.05, 0) is 30.5 Å². The molecule has 23 heavy (non-hydrogen) atoms. The van der Waals surface area contributed by atoms with E-state index in [9.17, 15) is 22.0 Å². The maximum Gasteiger partial charge on any atom is 0.262 e. The molecule has 1 saturated heterocycles. The lowest BCUT2D eigenvalue weighted by molar-refractivity contribution is -0.140. The van der Waals surface area contributed by atoms with Gasteiger partial charge < -0.3 is 4.90 Å². The molecular weight excluding hydrogens is 392 g/mol. The second-order valence-corrected chi connectivity index (χ2v) is 8.93.